The van der Waals surface area contributed by atoms with Gasteiger partial charge in [-0.2, -0.15) is 10.5 Å². The highest BCUT2D eigenvalue weighted by atomic mass is 32.1. The molecule has 6 nitrogen and oxygen atoms in total. The van der Waals surface area contributed by atoms with E-state index in [4.69, 9.17) is 6.57 Å². The summed E-state index contributed by atoms with van der Waals surface area (Å²) in [5.41, 5.74) is 17.9. The van der Waals surface area contributed by atoms with Gasteiger partial charge < -0.3 is 0 Å². The van der Waals surface area contributed by atoms with Crippen molar-refractivity contribution >= 4 is 89.6 Å². The number of carbonyl (C=O) groups is 2. The van der Waals surface area contributed by atoms with Gasteiger partial charge in [0.15, 0.2) is 34.8 Å². The zero-order valence-corrected chi connectivity index (χ0v) is 82.2. The second kappa shape index (κ2) is 46.2. The Kier molecular flexibility index (Phi) is 34.2. The molecular formula is C118H128F4N4O2S4. The molecule has 4 aliphatic carbocycles. The molecule has 4 aromatic heterocycles. The first-order valence-electron chi connectivity index (χ1n) is 49.8. The third-order valence-electron chi connectivity index (χ3n) is 27.6. The predicted octanol–water partition coefficient (Wildman–Crippen LogP) is 35.0. The number of nitrogens with zero attached hydrogens (tertiary/aromatic N) is 4. The van der Waals surface area contributed by atoms with Crippen LogP contribution in [0.3, 0.4) is 0 Å². The highest BCUT2D eigenvalue weighted by Crippen LogP contribution is 2.71. The monoisotopic (exact) mass is 1840 g/mol. The normalized spacial score (nSPS) is 14.8. The van der Waals surface area contributed by atoms with Crippen LogP contribution in [0.2, 0.25) is 0 Å². The molecule has 0 fully saturated rings. The molecule has 0 aliphatic heterocycles. The van der Waals surface area contributed by atoms with Crippen LogP contribution in [0.15, 0.2) is 156 Å². The molecule has 0 bridgehead atoms. The molecule has 0 radical (unpaired) electrons. The number of unbranched alkanes of at least 4 members (excludes halogenated alkanes) is 24. The molecule has 4 aliphatic rings. The van der Waals surface area contributed by atoms with Crippen molar-refractivity contribution in [3.8, 4) is 37.7 Å². The average molecular weight is 1840 g/mol. The van der Waals surface area contributed by atoms with E-state index in [-0.39, 0.29) is 55.8 Å². The van der Waals surface area contributed by atoms with Crippen molar-refractivity contribution in [3.05, 3.63) is 312 Å². The summed E-state index contributed by atoms with van der Waals surface area (Å²) in [6.07, 6.45) is 54.1. The number of halogens is 4. The van der Waals surface area contributed by atoms with E-state index in [2.05, 4.69) is 145 Å². The van der Waals surface area contributed by atoms with E-state index in [0.29, 0.717) is 0 Å². The maximum atomic E-state index is 15.4. The fourth-order valence-electron chi connectivity index (χ4n) is 21.0. The van der Waals surface area contributed by atoms with Gasteiger partial charge in [-0.15, -0.1) is 45.3 Å². The molecule has 0 N–H and O–H groups in total. The molecule has 4 heterocycles. The Morgan fingerprint density at radius 1 is 0.333 bits per heavy atom. The zero-order valence-electron chi connectivity index (χ0n) is 78.9. The fourth-order valence-corrected chi connectivity index (χ4v) is 26.7. The highest BCUT2D eigenvalue weighted by molar-refractivity contribution is 7.34. The van der Waals surface area contributed by atoms with Crippen LogP contribution in [0.1, 0.15) is 391 Å². The van der Waals surface area contributed by atoms with Crippen molar-refractivity contribution in [1.29, 1.82) is 15.8 Å². The minimum Gasteiger partial charge on any atom is -0.289 e. The quantitative estimate of drug-likeness (QED) is 0.0124. The van der Waals surface area contributed by atoms with Crippen LogP contribution in [-0.2, 0) is 62.2 Å². The van der Waals surface area contributed by atoms with Crippen molar-refractivity contribution in [2.24, 2.45) is 0 Å². The number of carbonyl (C=O) groups excluding carboxylic acids is 2. The van der Waals surface area contributed by atoms with E-state index in [1.165, 1.54) is 118 Å². The topological polar surface area (TPSA) is 110 Å². The number of ketones is 2. The lowest BCUT2D eigenvalue weighted by Crippen LogP contribution is -2.30. The van der Waals surface area contributed by atoms with E-state index >= 15 is 17.6 Å². The maximum Gasteiger partial charge on any atom is 0.270 e. The van der Waals surface area contributed by atoms with Crippen LogP contribution in [0.4, 0.5) is 17.6 Å². The van der Waals surface area contributed by atoms with Crippen LogP contribution in [0.5, 0.6) is 0 Å². The van der Waals surface area contributed by atoms with Gasteiger partial charge >= 0.3 is 0 Å². The largest absolute Gasteiger partial charge is 0.289 e. The van der Waals surface area contributed by atoms with E-state index in [9.17, 15) is 25.4 Å². The van der Waals surface area contributed by atoms with Crippen LogP contribution < -0.4 is 0 Å². The predicted molar refractivity (Wildman–Crippen MR) is 546 cm³/mol. The molecular weight excluding hydrogens is 1710 g/mol. The van der Waals surface area contributed by atoms with Gasteiger partial charge in [-0.25, -0.2) is 27.7 Å². The van der Waals surface area contributed by atoms with Crippen LogP contribution >= 0.6 is 45.3 Å². The molecule has 0 atom stereocenters. The molecule has 684 valence electrons. The average Bonchev–Trinajstić information content (AvgIpc) is 1.48. The molecule has 0 spiro atoms. The number of benzene rings is 6. The second-order valence-electron chi connectivity index (χ2n) is 37.3. The number of hydrogen-bond donors (Lipinski definition) is 0. The summed E-state index contributed by atoms with van der Waals surface area (Å²) < 4.78 is 63.7. The van der Waals surface area contributed by atoms with Crippen LogP contribution in [0.25, 0.3) is 57.1 Å². The van der Waals surface area contributed by atoms with Crippen LogP contribution in [0, 0.1) is 63.8 Å². The Morgan fingerprint density at radius 3 is 0.856 bits per heavy atom. The first-order valence-corrected chi connectivity index (χ1v) is 53.0. The zero-order chi connectivity index (χ0) is 93.0. The molecule has 14 rings (SSSR count). The highest BCUT2D eigenvalue weighted by Gasteiger charge is 2.56. The SMILES string of the molecule is [C-]#[N+]/C(C#N)=C1/C(=C/C=C/c2cc3c(s2)-c2sc4c5c(sc4c2C3(c2cc(CCCCCC)cc(CCCCCC)c2)c2cc(CCCCCC)cc(CCCCCC)c2)-c2sc(/C=C/C=C3\C(=O)c4cc(F)c(F)cc4C3=C(C#N)C#N)cc2C5(c2cc(CCCCCC)cc(CCCCCC)c2)c2cc(CCCCCC)cc(CCCCCC)c2)C(=O)c2cc(F)c(F)cc21. The summed E-state index contributed by atoms with van der Waals surface area (Å²) in [4.78, 5) is 39.5. The Hall–Kier alpha value is -10.2. The van der Waals surface area contributed by atoms with Gasteiger partial charge in [-0.1, -0.05) is 307 Å². The smallest absolute Gasteiger partial charge is 0.270 e. The number of rotatable bonds is 48. The molecule has 132 heavy (non-hydrogen) atoms. The Labute approximate surface area is 799 Å². The van der Waals surface area contributed by atoms with E-state index < -0.39 is 45.7 Å². The summed E-state index contributed by atoms with van der Waals surface area (Å²) in [5, 5.41) is 31.5. The molecule has 14 heteroatoms. The van der Waals surface area contributed by atoms with E-state index in [1.807, 2.05) is 65.2 Å². The lowest BCUT2D eigenvalue weighted by molar-refractivity contribution is 0.103. The van der Waals surface area contributed by atoms with Crippen molar-refractivity contribution in [2.45, 2.75) is 323 Å². The Morgan fingerprint density at radius 2 is 0.598 bits per heavy atom. The number of fused-ring (bicyclic) bond motifs is 11. The molecule has 10 aromatic rings. The standard InChI is InChI=1S/C118H128F4N4O2S4/c1-10-18-26-34-44-77-56-78(45-35-27-19-11-2)61-86(60-77)117(87-62-79(46-36-28-20-12-3)57-80(63-87)47-37-29-21-13-4)98-68-90(52-42-54-92-105(85(74-123)75-124)94-70-100(119)102(121)72-96(94)109(92)127)129-111(98)113-107(117)115-116(131-113)108-114(132-115)112-99(69-91(130-112)53-43-55-93-106(104(76-125)126-9)95-71-101(120)103(122)73-97(95)110(93)128)118(108,88-64-81(48-38-30-22-14-5)58-82(65-88)49-39-31-23-15-6)89-66-83(50-40-32-24-16-7)59-84(67-89)51-41-33-25-17-8/h42-43,52-73H,10-41,44-51H2,1-8H3/b52-42+,53-43+,92-54-,93-55-,106-104-. The minimum absolute atomic E-state index is 0.0106. The van der Waals surface area contributed by atoms with Gasteiger partial charge in [0.1, 0.15) is 17.7 Å². The first-order chi connectivity index (χ1) is 64.4. The van der Waals surface area contributed by atoms with Gasteiger partial charge in [0.05, 0.1) is 52.4 Å². The number of allylic oxidation sites excluding steroid dienone is 10. The number of thiophene rings is 4. The number of Topliss-reactive ketones (excluding diaryl/α,β-unsaturated/α-hetero) is 2. The van der Waals surface area contributed by atoms with Crippen molar-refractivity contribution in [3.63, 3.8) is 0 Å². The van der Waals surface area contributed by atoms with Crippen molar-refractivity contribution in [1.82, 2.24) is 0 Å². The minimum atomic E-state index is -1.19. The number of aryl methyl sites for hydroxylation is 8. The summed E-state index contributed by atoms with van der Waals surface area (Å²) in [7, 11) is 0. The Balaban J connectivity index is 1.14. The number of nitriles is 3. The third-order valence-corrected chi connectivity index (χ3v) is 32.7. The lowest BCUT2D eigenvalue weighted by atomic mass is 9.65. The first kappa shape index (κ1) is 97.9. The number of hydrogen-bond acceptors (Lipinski definition) is 9. The maximum absolute atomic E-state index is 15.4. The molecule has 0 saturated carbocycles. The summed E-state index contributed by atoms with van der Waals surface area (Å²) >= 11 is 7.40. The lowest BCUT2D eigenvalue weighted by Gasteiger charge is -2.35. The fraction of sp³-hybridized carbons (Fsp3) is 0.424. The summed E-state index contributed by atoms with van der Waals surface area (Å²) in [6, 6.07) is 45.3. The summed E-state index contributed by atoms with van der Waals surface area (Å²) in [6.45, 7) is 26.4. The van der Waals surface area contributed by atoms with Gasteiger partial charge in [0.2, 0.25) is 0 Å². The van der Waals surface area contributed by atoms with Crippen molar-refractivity contribution in [2.75, 3.05) is 0 Å². The second-order valence-corrected chi connectivity index (χ2v) is 41.5. The van der Waals surface area contributed by atoms with Gasteiger partial charge in [0, 0.05) is 54.3 Å². The van der Waals surface area contributed by atoms with Crippen LogP contribution in [-0.4, -0.2) is 11.6 Å². The molecule has 0 amide bonds. The molecule has 0 saturated heterocycles. The Bertz CT molecular complexity index is 5610. The van der Waals surface area contributed by atoms with Gasteiger partial charge in [-0.05, 0) is 240 Å². The van der Waals surface area contributed by atoms with E-state index in [1.54, 1.807) is 34.8 Å². The summed E-state index contributed by atoms with van der Waals surface area (Å²) in [5.74, 6) is -5.93. The molecule has 0 unspecified atom stereocenters. The third kappa shape index (κ3) is 20.7. The van der Waals surface area contributed by atoms with Gasteiger partial charge in [-0.3, -0.25) is 9.59 Å². The van der Waals surface area contributed by atoms with Gasteiger partial charge in [0.25, 0.3) is 5.70 Å². The molecule has 6 aromatic carbocycles. The van der Waals surface area contributed by atoms with Crippen molar-refractivity contribution < 1.29 is 27.2 Å². The van der Waals surface area contributed by atoms with E-state index in [0.717, 1.165) is 291 Å².